The lowest BCUT2D eigenvalue weighted by atomic mass is 10.0. The van der Waals surface area contributed by atoms with E-state index >= 15 is 0 Å². The van der Waals surface area contributed by atoms with Gasteiger partial charge in [-0.25, -0.2) is 8.42 Å². The van der Waals surface area contributed by atoms with Gasteiger partial charge in [-0.15, -0.1) is 0 Å². The van der Waals surface area contributed by atoms with Crippen LogP contribution in [0, 0.1) is 0 Å². The van der Waals surface area contributed by atoms with E-state index in [9.17, 15) is 8.42 Å². The topological polar surface area (TPSA) is 63.4 Å². The van der Waals surface area contributed by atoms with Crippen molar-refractivity contribution in [2.45, 2.75) is 37.1 Å². The Morgan fingerprint density at radius 2 is 1.76 bits per heavy atom. The van der Waals surface area contributed by atoms with Gasteiger partial charge in [-0.2, -0.15) is 4.31 Å². The van der Waals surface area contributed by atoms with Gasteiger partial charge < -0.3 is 5.73 Å². The van der Waals surface area contributed by atoms with Crippen LogP contribution in [0.5, 0.6) is 0 Å². The SMILES string of the molecule is CC1(C)CCCN1S(=O)(=O)c1ccc(N)c2ccccc12. The molecule has 0 radical (unpaired) electrons. The number of nitrogens with zero attached hydrogens (tertiary/aromatic N) is 1. The Bertz CT molecular complexity index is 797. The number of hydrogen-bond donors (Lipinski definition) is 1. The molecule has 2 N–H and O–H groups in total. The van der Waals surface area contributed by atoms with Crippen molar-refractivity contribution in [3.8, 4) is 0 Å². The molecular weight excluding hydrogens is 284 g/mol. The van der Waals surface area contributed by atoms with Crippen molar-refractivity contribution in [3.05, 3.63) is 36.4 Å². The van der Waals surface area contributed by atoms with Crippen LogP contribution in [0.4, 0.5) is 5.69 Å². The fraction of sp³-hybridized carbons (Fsp3) is 0.375. The minimum atomic E-state index is -3.51. The zero-order chi connectivity index (χ0) is 15.3. The Morgan fingerprint density at radius 3 is 2.38 bits per heavy atom. The van der Waals surface area contributed by atoms with Crippen LogP contribution in [-0.2, 0) is 10.0 Å². The van der Waals surface area contributed by atoms with Gasteiger partial charge in [0.05, 0.1) is 4.90 Å². The molecule has 5 heteroatoms. The average molecular weight is 304 g/mol. The van der Waals surface area contributed by atoms with E-state index in [0.717, 1.165) is 18.2 Å². The molecule has 21 heavy (non-hydrogen) atoms. The lowest BCUT2D eigenvalue weighted by Crippen LogP contribution is -2.42. The molecule has 1 aliphatic heterocycles. The minimum absolute atomic E-state index is 0.332. The van der Waals surface area contributed by atoms with Gasteiger partial charge in [-0.05, 0) is 38.8 Å². The summed E-state index contributed by atoms with van der Waals surface area (Å²) in [5.74, 6) is 0. The summed E-state index contributed by atoms with van der Waals surface area (Å²) in [6.07, 6.45) is 1.79. The maximum Gasteiger partial charge on any atom is 0.244 e. The summed E-state index contributed by atoms with van der Waals surface area (Å²) in [6.45, 7) is 4.54. The molecular formula is C16H20N2O2S. The van der Waals surface area contributed by atoms with Gasteiger partial charge in [0.2, 0.25) is 10.0 Å². The molecule has 1 fully saturated rings. The van der Waals surface area contributed by atoms with Gasteiger partial charge in [0.25, 0.3) is 0 Å². The van der Waals surface area contributed by atoms with Crippen LogP contribution < -0.4 is 5.73 Å². The lowest BCUT2D eigenvalue weighted by molar-refractivity contribution is 0.292. The highest BCUT2D eigenvalue weighted by Crippen LogP contribution is 2.37. The fourth-order valence-corrected chi connectivity index (χ4v) is 5.21. The fourth-order valence-electron chi connectivity index (χ4n) is 3.17. The van der Waals surface area contributed by atoms with E-state index < -0.39 is 10.0 Å². The molecule has 0 amide bonds. The monoisotopic (exact) mass is 304 g/mol. The molecule has 2 aromatic carbocycles. The largest absolute Gasteiger partial charge is 0.398 e. The number of benzene rings is 2. The maximum atomic E-state index is 13.1. The predicted octanol–water partition coefficient (Wildman–Crippen LogP) is 2.99. The van der Waals surface area contributed by atoms with E-state index in [1.807, 2.05) is 38.1 Å². The highest BCUT2D eigenvalue weighted by atomic mass is 32.2. The summed E-state index contributed by atoms with van der Waals surface area (Å²) in [7, 11) is -3.51. The molecule has 0 saturated carbocycles. The van der Waals surface area contributed by atoms with E-state index in [-0.39, 0.29) is 5.54 Å². The number of anilines is 1. The molecule has 0 spiro atoms. The van der Waals surface area contributed by atoms with Gasteiger partial charge in [0.15, 0.2) is 0 Å². The second-order valence-corrected chi connectivity index (χ2v) is 8.02. The first-order chi connectivity index (χ1) is 9.84. The second-order valence-electron chi connectivity index (χ2n) is 6.19. The van der Waals surface area contributed by atoms with Crippen molar-refractivity contribution in [1.82, 2.24) is 4.31 Å². The summed E-state index contributed by atoms with van der Waals surface area (Å²) < 4.78 is 27.7. The summed E-state index contributed by atoms with van der Waals surface area (Å²) >= 11 is 0. The Hall–Kier alpha value is -1.59. The summed E-state index contributed by atoms with van der Waals surface area (Å²) in [5, 5.41) is 1.48. The first-order valence-electron chi connectivity index (χ1n) is 7.14. The van der Waals surface area contributed by atoms with Gasteiger partial charge in [0, 0.05) is 28.5 Å². The van der Waals surface area contributed by atoms with E-state index in [0.29, 0.717) is 22.5 Å². The Kier molecular flexibility index (Phi) is 3.22. The summed E-state index contributed by atoms with van der Waals surface area (Å²) in [5.41, 5.74) is 6.24. The van der Waals surface area contributed by atoms with Gasteiger partial charge in [-0.3, -0.25) is 0 Å². The Morgan fingerprint density at radius 1 is 1.10 bits per heavy atom. The number of sulfonamides is 1. The van der Waals surface area contributed by atoms with Crippen molar-refractivity contribution >= 4 is 26.5 Å². The molecule has 0 bridgehead atoms. The highest BCUT2D eigenvalue weighted by molar-refractivity contribution is 7.89. The first-order valence-corrected chi connectivity index (χ1v) is 8.58. The zero-order valence-electron chi connectivity index (χ0n) is 12.3. The normalized spacial score (nSPS) is 19.1. The zero-order valence-corrected chi connectivity index (χ0v) is 13.2. The average Bonchev–Trinajstić information content (AvgIpc) is 2.79. The lowest BCUT2D eigenvalue weighted by Gasteiger charge is -2.31. The Balaban J connectivity index is 2.23. The van der Waals surface area contributed by atoms with Crippen LogP contribution >= 0.6 is 0 Å². The van der Waals surface area contributed by atoms with Gasteiger partial charge in [-0.1, -0.05) is 24.3 Å². The van der Waals surface area contributed by atoms with Crippen LogP contribution in [0.2, 0.25) is 0 Å². The van der Waals surface area contributed by atoms with Crippen LogP contribution in [0.1, 0.15) is 26.7 Å². The molecule has 0 aromatic heterocycles. The Labute approximate surface area is 125 Å². The van der Waals surface area contributed by atoms with Crippen molar-refractivity contribution in [2.24, 2.45) is 0 Å². The quantitative estimate of drug-likeness (QED) is 0.868. The molecule has 0 unspecified atom stereocenters. The minimum Gasteiger partial charge on any atom is -0.398 e. The third-order valence-electron chi connectivity index (χ3n) is 4.31. The first kappa shape index (κ1) is 14.4. The number of hydrogen-bond acceptors (Lipinski definition) is 3. The van der Waals surface area contributed by atoms with Crippen LogP contribution in [-0.4, -0.2) is 24.8 Å². The van der Waals surface area contributed by atoms with E-state index in [4.69, 9.17) is 5.73 Å². The third kappa shape index (κ3) is 2.21. The number of fused-ring (bicyclic) bond motifs is 1. The van der Waals surface area contributed by atoms with Crippen molar-refractivity contribution in [1.29, 1.82) is 0 Å². The molecule has 1 aliphatic rings. The number of nitrogen functional groups attached to an aromatic ring is 1. The highest BCUT2D eigenvalue weighted by Gasteiger charge is 2.41. The molecule has 2 aromatic rings. The molecule has 1 heterocycles. The predicted molar refractivity (Wildman–Crippen MR) is 85.6 cm³/mol. The number of rotatable bonds is 2. The molecule has 3 rings (SSSR count). The van der Waals surface area contributed by atoms with Crippen LogP contribution in [0.3, 0.4) is 0 Å². The maximum absolute atomic E-state index is 13.1. The number of nitrogens with two attached hydrogens (primary N) is 1. The smallest absolute Gasteiger partial charge is 0.244 e. The van der Waals surface area contributed by atoms with Gasteiger partial charge >= 0.3 is 0 Å². The van der Waals surface area contributed by atoms with Crippen LogP contribution in [0.15, 0.2) is 41.3 Å². The van der Waals surface area contributed by atoms with E-state index in [2.05, 4.69) is 0 Å². The molecule has 112 valence electrons. The van der Waals surface area contributed by atoms with Crippen molar-refractivity contribution in [2.75, 3.05) is 12.3 Å². The molecule has 0 atom stereocenters. The van der Waals surface area contributed by atoms with E-state index in [1.54, 1.807) is 16.4 Å². The standard InChI is InChI=1S/C16H20N2O2S/c1-16(2)10-5-11-18(16)21(19,20)15-9-8-14(17)12-6-3-4-7-13(12)15/h3-4,6-9H,5,10-11,17H2,1-2H3. The second kappa shape index (κ2) is 4.71. The van der Waals surface area contributed by atoms with E-state index in [1.165, 1.54) is 0 Å². The molecule has 0 aliphatic carbocycles. The third-order valence-corrected chi connectivity index (χ3v) is 6.48. The molecule has 1 saturated heterocycles. The van der Waals surface area contributed by atoms with Gasteiger partial charge in [0.1, 0.15) is 0 Å². The van der Waals surface area contributed by atoms with Crippen LogP contribution in [0.25, 0.3) is 10.8 Å². The summed E-state index contributed by atoms with van der Waals surface area (Å²) in [6, 6.07) is 10.7. The summed E-state index contributed by atoms with van der Waals surface area (Å²) in [4.78, 5) is 0.349. The molecule has 4 nitrogen and oxygen atoms in total. The van der Waals surface area contributed by atoms with Crippen molar-refractivity contribution < 1.29 is 8.42 Å². The van der Waals surface area contributed by atoms with Crippen molar-refractivity contribution in [3.63, 3.8) is 0 Å².